The van der Waals surface area contributed by atoms with Crippen LogP contribution in [0.1, 0.15) is 29.8 Å². The van der Waals surface area contributed by atoms with Gasteiger partial charge in [-0.1, -0.05) is 49.7 Å². The number of amides is 1. The van der Waals surface area contributed by atoms with Gasteiger partial charge in [0.05, 0.1) is 5.56 Å². The van der Waals surface area contributed by atoms with Crippen molar-refractivity contribution in [1.82, 2.24) is 10.3 Å². The first-order chi connectivity index (χ1) is 9.63. The molecule has 0 radical (unpaired) electrons. The number of pyridine rings is 1. The highest BCUT2D eigenvalue weighted by atomic mass is 16.1. The topological polar surface area (TPSA) is 68.0 Å². The fourth-order valence-corrected chi connectivity index (χ4v) is 1.22. The van der Waals surface area contributed by atoms with Crippen LogP contribution in [0.25, 0.3) is 0 Å². The second-order valence-corrected chi connectivity index (χ2v) is 3.71. The molecule has 0 aliphatic carbocycles. The highest BCUT2D eigenvalue weighted by Crippen LogP contribution is 1.99. The Balaban J connectivity index is 0.000000345. The number of nitrogen functional groups attached to an aromatic ring is 1. The first-order valence-electron chi connectivity index (χ1n) is 6.58. The average molecular weight is 273 g/mol. The second kappa shape index (κ2) is 10.6. The number of nitrogens with zero attached hydrogens (tertiary/aromatic N) is 1. The Kier molecular flexibility index (Phi) is 9.31. The molecule has 0 spiro atoms. The van der Waals surface area contributed by atoms with Crippen LogP contribution < -0.4 is 11.1 Å². The number of nitrogens with one attached hydrogen (secondary N) is 1. The van der Waals surface area contributed by atoms with Gasteiger partial charge in [-0.15, -0.1) is 0 Å². The van der Waals surface area contributed by atoms with Gasteiger partial charge in [-0.05, 0) is 19.1 Å². The predicted octanol–water partition coefficient (Wildman–Crippen LogP) is 3.04. The van der Waals surface area contributed by atoms with Crippen LogP contribution in [0.15, 0.2) is 48.7 Å². The molecule has 0 aliphatic rings. The van der Waals surface area contributed by atoms with Gasteiger partial charge in [0.25, 0.3) is 5.91 Å². The Labute approximate surface area is 121 Å². The van der Waals surface area contributed by atoms with Gasteiger partial charge in [-0.3, -0.25) is 4.79 Å². The summed E-state index contributed by atoms with van der Waals surface area (Å²) < 4.78 is 0. The smallest absolute Gasteiger partial charge is 0.252 e. The third-order valence-corrected chi connectivity index (χ3v) is 2.22. The van der Waals surface area contributed by atoms with Crippen molar-refractivity contribution in [2.75, 3.05) is 12.8 Å². The van der Waals surface area contributed by atoms with Crippen LogP contribution in [0.2, 0.25) is 0 Å². The molecule has 0 atom stereocenters. The molecule has 0 bridgehead atoms. The number of hydrogen-bond acceptors (Lipinski definition) is 3. The molecular weight excluding hydrogens is 250 g/mol. The number of aryl methyl sites for hydroxylation is 1. The molecule has 2 aromatic rings. The molecule has 108 valence electrons. The van der Waals surface area contributed by atoms with E-state index in [1.807, 2.05) is 32.0 Å². The summed E-state index contributed by atoms with van der Waals surface area (Å²) >= 11 is 0. The minimum Gasteiger partial charge on any atom is -0.384 e. The molecule has 20 heavy (non-hydrogen) atoms. The molecule has 1 aromatic carbocycles. The van der Waals surface area contributed by atoms with Crippen LogP contribution in [-0.2, 0) is 0 Å². The third kappa shape index (κ3) is 7.16. The molecule has 3 N–H and O–H groups in total. The normalized spacial score (nSPS) is 8.40. The van der Waals surface area contributed by atoms with Crippen molar-refractivity contribution in [2.45, 2.75) is 20.8 Å². The number of carbonyl (C=O) groups excluding carboxylic acids is 1. The van der Waals surface area contributed by atoms with Gasteiger partial charge in [0, 0.05) is 13.2 Å². The maximum atomic E-state index is 10.9. The number of aromatic nitrogens is 1. The zero-order chi connectivity index (χ0) is 15.4. The Morgan fingerprint density at radius 2 is 1.70 bits per heavy atom. The quantitative estimate of drug-likeness (QED) is 0.839. The molecular formula is C16H23N3O. The van der Waals surface area contributed by atoms with Crippen molar-refractivity contribution in [3.05, 3.63) is 59.8 Å². The first kappa shape index (κ1) is 17.6. The Morgan fingerprint density at radius 1 is 1.10 bits per heavy atom. The molecule has 0 unspecified atom stereocenters. The summed E-state index contributed by atoms with van der Waals surface area (Å²) in [4.78, 5) is 14.7. The maximum absolute atomic E-state index is 10.9. The Hall–Kier alpha value is -2.36. The minimum atomic E-state index is -0.155. The lowest BCUT2D eigenvalue weighted by atomic mass is 10.2. The molecule has 4 heteroatoms. The van der Waals surface area contributed by atoms with Crippen molar-refractivity contribution in [2.24, 2.45) is 0 Å². The van der Waals surface area contributed by atoms with Gasteiger partial charge in [0.2, 0.25) is 0 Å². The molecule has 0 saturated heterocycles. The van der Waals surface area contributed by atoms with E-state index in [1.54, 1.807) is 19.2 Å². The van der Waals surface area contributed by atoms with Crippen LogP contribution in [-0.4, -0.2) is 17.9 Å². The first-order valence-corrected chi connectivity index (χ1v) is 6.58. The Morgan fingerprint density at radius 3 is 2.05 bits per heavy atom. The third-order valence-electron chi connectivity index (χ3n) is 2.22. The van der Waals surface area contributed by atoms with Gasteiger partial charge < -0.3 is 11.1 Å². The van der Waals surface area contributed by atoms with Crippen LogP contribution in [0.4, 0.5) is 5.82 Å². The van der Waals surface area contributed by atoms with Crippen molar-refractivity contribution in [3.8, 4) is 0 Å². The highest BCUT2D eigenvalue weighted by Gasteiger charge is 2.00. The van der Waals surface area contributed by atoms with Gasteiger partial charge >= 0.3 is 0 Å². The summed E-state index contributed by atoms with van der Waals surface area (Å²) in [5.41, 5.74) is 7.16. The average Bonchev–Trinajstić information content (AvgIpc) is 2.51. The standard InChI is InChI=1S/C7H9N3O.C7H8.C2H6/c1-9-7(11)5-2-3-6(8)10-4-5;1-7-5-3-2-4-6-7;1-2/h2-4H,1H3,(H2,8,10)(H,9,11);2-6H,1H3;1-2H3. The summed E-state index contributed by atoms with van der Waals surface area (Å²) in [6, 6.07) is 13.5. The van der Waals surface area contributed by atoms with E-state index in [4.69, 9.17) is 5.73 Å². The molecule has 0 aliphatic heterocycles. The van der Waals surface area contributed by atoms with E-state index in [2.05, 4.69) is 29.4 Å². The monoisotopic (exact) mass is 273 g/mol. The molecule has 1 amide bonds. The van der Waals surface area contributed by atoms with Crippen LogP contribution >= 0.6 is 0 Å². The SMILES string of the molecule is CC.CNC(=O)c1ccc(N)nc1.Cc1ccccc1. The summed E-state index contributed by atoms with van der Waals surface area (Å²) in [6.45, 7) is 6.08. The number of carbonyl (C=O) groups is 1. The minimum absolute atomic E-state index is 0.155. The number of benzene rings is 1. The van der Waals surface area contributed by atoms with E-state index >= 15 is 0 Å². The van der Waals surface area contributed by atoms with Crippen LogP contribution in [0.3, 0.4) is 0 Å². The second-order valence-electron chi connectivity index (χ2n) is 3.71. The van der Waals surface area contributed by atoms with E-state index in [0.717, 1.165) is 0 Å². The lowest BCUT2D eigenvalue weighted by Crippen LogP contribution is -2.17. The van der Waals surface area contributed by atoms with Crippen LogP contribution in [0.5, 0.6) is 0 Å². The van der Waals surface area contributed by atoms with Crippen molar-refractivity contribution < 1.29 is 4.79 Å². The summed E-state index contributed by atoms with van der Waals surface area (Å²) in [7, 11) is 1.57. The zero-order valence-electron chi connectivity index (χ0n) is 12.6. The fraction of sp³-hybridized carbons (Fsp3) is 0.250. The van der Waals surface area contributed by atoms with Gasteiger partial charge in [0.15, 0.2) is 0 Å². The van der Waals surface area contributed by atoms with Gasteiger partial charge in [0.1, 0.15) is 5.82 Å². The molecule has 1 heterocycles. The van der Waals surface area contributed by atoms with Crippen LogP contribution in [0, 0.1) is 6.92 Å². The van der Waals surface area contributed by atoms with E-state index in [0.29, 0.717) is 11.4 Å². The predicted molar refractivity (Wildman–Crippen MR) is 84.6 cm³/mol. The summed E-state index contributed by atoms with van der Waals surface area (Å²) in [5, 5.41) is 2.48. The number of nitrogens with two attached hydrogens (primary N) is 1. The largest absolute Gasteiger partial charge is 0.384 e. The Bertz CT molecular complexity index is 481. The van der Waals surface area contributed by atoms with Crippen molar-refractivity contribution in [3.63, 3.8) is 0 Å². The lowest BCUT2D eigenvalue weighted by Gasteiger charge is -1.97. The molecule has 2 rings (SSSR count). The van der Waals surface area contributed by atoms with Gasteiger partial charge in [-0.2, -0.15) is 0 Å². The molecule has 0 fully saturated rings. The maximum Gasteiger partial charge on any atom is 0.252 e. The van der Waals surface area contributed by atoms with Gasteiger partial charge in [-0.25, -0.2) is 4.98 Å². The summed E-state index contributed by atoms with van der Waals surface area (Å²) in [6.07, 6.45) is 1.44. The van der Waals surface area contributed by atoms with E-state index in [-0.39, 0.29) is 5.91 Å². The van der Waals surface area contributed by atoms with E-state index in [1.165, 1.54) is 11.8 Å². The van der Waals surface area contributed by atoms with Crippen molar-refractivity contribution in [1.29, 1.82) is 0 Å². The highest BCUT2D eigenvalue weighted by molar-refractivity contribution is 5.93. The summed E-state index contributed by atoms with van der Waals surface area (Å²) in [5.74, 6) is 0.259. The number of hydrogen-bond donors (Lipinski definition) is 2. The lowest BCUT2D eigenvalue weighted by molar-refractivity contribution is 0.0963. The van der Waals surface area contributed by atoms with E-state index < -0.39 is 0 Å². The van der Waals surface area contributed by atoms with E-state index in [9.17, 15) is 4.79 Å². The fourth-order valence-electron chi connectivity index (χ4n) is 1.22. The molecule has 1 aromatic heterocycles. The number of anilines is 1. The zero-order valence-corrected chi connectivity index (χ0v) is 12.6. The van der Waals surface area contributed by atoms with Crippen molar-refractivity contribution >= 4 is 11.7 Å². The molecule has 0 saturated carbocycles. The molecule has 4 nitrogen and oxygen atoms in total. The number of rotatable bonds is 1.